The summed E-state index contributed by atoms with van der Waals surface area (Å²) in [6.07, 6.45) is 0.355. The van der Waals surface area contributed by atoms with Gasteiger partial charge in [-0.3, -0.25) is 4.79 Å². The zero-order valence-electron chi connectivity index (χ0n) is 14.7. The predicted octanol–water partition coefficient (Wildman–Crippen LogP) is 3.72. The fourth-order valence-corrected chi connectivity index (χ4v) is 3.70. The van der Waals surface area contributed by atoms with Crippen LogP contribution in [0.15, 0.2) is 30.3 Å². The lowest BCUT2D eigenvalue weighted by atomic mass is 9.86. The van der Waals surface area contributed by atoms with Gasteiger partial charge in [-0.05, 0) is 44.5 Å². The van der Waals surface area contributed by atoms with Crippen LogP contribution in [0.5, 0.6) is 0 Å². The lowest BCUT2D eigenvalue weighted by molar-refractivity contribution is -0.116. The van der Waals surface area contributed by atoms with E-state index in [0.29, 0.717) is 23.2 Å². The fourth-order valence-electron chi connectivity index (χ4n) is 3.50. The minimum absolute atomic E-state index is 0.0620. The number of anilines is 1. The van der Waals surface area contributed by atoms with Gasteiger partial charge < -0.3 is 5.32 Å². The molecule has 0 fully saturated rings. The number of rotatable bonds is 2. The monoisotopic (exact) mass is 367 g/mol. The quantitative estimate of drug-likeness (QED) is 0.749. The molecule has 7 heteroatoms. The molecule has 0 aliphatic carbocycles. The van der Waals surface area contributed by atoms with Crippen molar-refractivity contribution in [1.29, 1.82) is 0 Å². The van der Waals surface area contributed by atoms with Crippen LogP contribution in [0.2, 0.25) is 5.02 Å². The number of nitrogens with one attached hydrogen (secondary N) is 1. The van der Waals surface area contributed by atoms with E-state index in [1.165, 1.54) is 0 Å². The van der Waals surface area contributed by atoms with Gasteiger partial charge >= 0.3 is 0 Å². The summed E-state index contributed by atoms with van der Waals surface area (Å²) < 4.78 is 1.62. The Bertz CT molecular complexity index is 1010. The van der Waals surface area contributed by atoms with Gasteiger partial charge in [0.1, 0.15) is 5.82 Å². The van der Waals surface area contributed by atoms with E-state index in [2.05, 4.69) is 20.4 Å². The molecule has 0 saturated heterocycles. The number of aryl methyl sites for hydroxylation is 3. The average Bonchev–Trinajstić information content (AvgIpc) is 2.90. The maximum Gasteiger partial charge on any atom is 0.252 e. The number of hydrogen-bond acceptors (Lipinski definition) is 4. The van der Waals surface area contributed by atoms with Crippen molar-refractivity contribution >= 4 is 23.3 Å². The molecule has 3 aromatic rings. The van der Waals surface area contributed by atoms with Gasteiger partial charge in [-0.2, -0.15) is 9.78 Å². The fraction of sp³-hybridized carbons (Fsp3) is 0.263. The lowest BCUT2D eigenvalue weighted by Crippen LogP contribution is -2.25. The van der Waals surface area contributed by atoms with Gasteiger partial charge in [-0.15, -0.1) is 0 Å². The molecule has 1 atom stereocenters. The molecule has 1 N–H and O–H groups in total. The first kappa shape index (κ1) is 16.7. The van der Waals surface area contributed by atoms with E-state index in [0.717, 1.165) is 28.2 Å². The highest BCUT2D eigenvalue weighted by molar-refractivity contribution is 6.30. The number of carbonyl (C=O) groups excluding carboxylic acids is 1. The summed E-state index contributed by atoms with van der Waals surface area (Å²) in [5.74, 6) is 0.928. The Morgan fingerprint density at radius 1 is 1.15 bits per heavy atom. The maximum atomic E-state index is 12.4. The maximum absolute atomic E-state index is 12.4. The molecule has 1 amide bonds. The van der Waals surface area contributed by atoms with E-state index in [1.54, 1.807) is 4.68 Å². The second kappa shape index (κ2) is 6.21. The van der Waals surface area contributed by atoms with E-state index in [-0.39, 0.29) is 11.8 Å². The molecule has 3 heterocycles. The number of aromatic nitrogens is 4. The molecule has 0 spiro atoms. The topological polar surface area (TPSA) is 72.7 Å². The Morgan fingerprint density at radius 3 is 2.58 bits per heavy atom. The van der Waals surface area contributed by atoms with Crippen molar-refractivity contribution in [2.24, 2.45) is 0 Å². The third kappa shape index (κ3) is 2.86. The average molecular weight is 368 g/mol. The normalized spacial score (nSPS) is 16.3. The Kier molecular flexibility index (Phi) is 4.00. The minimum atomic E-state index is -0.0999. The summed E-state index contributed by atoms with van der Waals surface area (Å²) in [7, 11) is 0. The van der Waals surface area contributed by atoms with Gasteiger partial charge in [-0.1, -0.05) is 23.7 Å². The summed E-state index contributed by atoms with van der Waals surface area (Å²) in [6, 6.07) is 9.52. The molecule has 1 aromatic carbocycles. The standard InChI is InChI=1S/C19H18ClN5O/c1-10-7-11(2)22-19(21-10)25-18-17(12(3)24-25)15(9-16(26)23-18)13-5-4-6-14(20)8-13/h4-8,15H,9H2,1-3H3,(H,23,26)/t15-/m0/s1. The minimum Gasteiger partial charge on any atom is -0.310 e. The van der Waals surface area contributed by atoms with Gasteiger partial charge in [0, 0.05) is 34.3 Å². The van der Waals surface area contributed by atoms with E-state index < -0.39 is 0 Å². The summed E-state index contributed by atoms with van der Waals surface area (Å²) in [5.41, 5.74) is 4.52. The zero-order chi connectivity index (χ0) is 18.4. The second-order valence-corrected chi connectivity index (χ2v) is 7.01. The number of carbonyl (C=O) groups is 1. The predicted molar refractivity (Wildman–Crippen MR) is 99.9 cm³/mol. The van der Waals surface area contributed by atoms with Crippen LogP contribution in [-0.4, -0.2) is 25.7 Å². The number of amides is 1. The van der Waals surface area contributed by atoms with Crippen LogP contribution < -0.4 is 5.32 Å². The summed E-state index contributed by atoms with van der Waals surface area (Å²) in [5, 5.41) is 8.22. The number of nitrogens with zero attached hydrogens (tertiary/aromatic N) is 4. The van der Waals surface area contributed by atoms with Crippen molar-refractivity contribution in [3.63, 3.8) is 0 Å². The third-order valence-electron chi connectivity index (χ3n) is 4.51. The van der Waals surface area contributed by atoms with Crippen LogP contribution >= 0.6 is 11.6 Å². The highest BCUT2D eigenvalue weighted by atomic mass is 35.5. The highest BCUT2D eigenvalue weighted by Gasteiger charge is 2.33. The smallest absolute Gasteiger partial charge is 0.252 e. The van der Waals surface area contributed by atoms with Gasteiger partial charge in [0.15, 0.2) is 0 Å². The van der Waals surface area contributed by atoms with Crippen molar-refractivity contribution in [2.45, 2.75) is 33.1 Å². The van der Waals surface area contributed by atoms with E-state index in [1.807, 2.05) is 51.1 Å². The molecule has 1 aliphatic heterocycles. The van der Waals surface area contributed by atoms with Crippen LogP contribution in [0.1, 0.15) is 40.5 Å². The van der Waals surface area contributed by atoms with Crippen LogP contribution in [-0.2, 0) is 4.79 Å². The molecule has 26 heavy (non-hydrogen) atoms. The summed E-state index contributed by atoms with van der Waals surface area (Å²) >= 11 is 6.16. The van der Waals surface area contributed by atoms with Gasteiger partial charge in [0.05, 0.1) is 5.69 Å². The Labute approximate surface area is 156 Å². The molecule has 1 aliphatic rings. The Morgan fingerprint density at radius 2 is 1.88 bits per heavy atom. The van der Waals surface area contributed by atoms with Crippen LogP contribution in [0.4, 0.5) is 5.82 Å². The molecule has 0 saturated carbocycles. The van der Waals surface area contributed by atoms with Crippen LogP contribution in [0.25, 0.3) is 5.95 Å². The van der Waals surface area contributed by atoms with Crippen LogP contribution in [0.3, 0.4) is 0 Å². The Hall–Kier alpha value is -2.73. The molecular weight excluding hydrogens is 350 g/mol. The lowest BCUT2D eigenvalue weighted by Gasteiger charge is -2.24. The van der Waals surface area contributed by atoms with Crippen molar-refractivity contribution in [1.82, 2.24) is 19.7 Å². The number of fused-ring (bicyclic) bond motifs is 1. The SMILES string of the molecule is Cc1cc(C)nc(-n2nc(C)c3c2NC(=O)C[C@H]3c2cccc(Cl)c2)n1. The molecule has 0 radical (unpaired) electrons. The number of halogens is 1. The van der Waals surface area contributed by atoms with Crippen molar-refractivity contribution in [3.8, 4) is 5.95 Å². The number of benzene rings is 1. The first-order chi connectivity index (χ1) is 12.4. The first-order valence-corrected chi connectivity index (χ1v) is 8.77. The van der Waals surface area contributed by atoms with Crippen molar-refractivity contribution in [2.75, 3.05) is 5.32 Å². The summed E-state index contributed by atoms with van der Waals surface area (Å²) in [4.78, 5) is 21.4. The van der Waals surface area contributed by atoms with Gasteiger partial charge in [0.25, 0.3) is 5.95 Å². The molecule has 6 nitrogen and oxygen atoms in total. The largest absolute Gasteiger partial charge is 0.310 e. The molecule has 4 rings (SSSR count). The Balaban J connectivity index is 1.90. The van der Waals surface area contributed by atoms with Crippen LogP contribution in [0, 0.1) is 20.8 Å². The summed E-state index contributed by atoms with van der Waals surface area (Å²) in [6.45, 7) is 5.76. The third-order valence-corrected chi connectivity index (χ3v) is 4.75. The van der Waals surface area contributed by atoms with Gasteiger partial charge in [-0.25, -0.2) is 9.97 Å². The first-order valence-electron chi connectivity index (χ1n) is 8.40. The molecule has 0 unspecified atom stereocenters. The van der Waals surface area contributed by atoms with E-state index in [9.17, 15) is 4.79 Å². The van der Waals surface area contributed by atoms with Crippen molar-refractivity contribution < 1.29 is 4.79 Å². The molecule has 132 valence electrons. The number of hydrogen-bond donors (Lipinski definition) is 1. The van der Waals surface area contributed by atoms with E-state index >= 15 is 0 Å². The second-order valence-electron chi connectivity index (χ2n) is 6.57. The van der Waals surface area contributed by atoms with E-state index in [4.69, 9.17) is 11.6 Å². The van der Waals surface area contributed by atoms with Crippen molar-refractivity contribution in [3.05, 3.63) is 63.6 Å². The molecular formula is C19H18ClN5O. The molecule has 0 bridgehead atoms. The molecule has 2 aromatic heterocycles. The highest BCUT2D eigenvalue weighted by Crippen LogP contribution is 2.40. The van der Waals surface area contributed by atoms with Gasteiger partial charge in [0.2, 0.25) is 5.91 Å². The zero-order valence-corrected chi connectivity index (χ0v) is 15.5.